The van der Waals surface area contributed by atoms with E-state index in [0.717, 1.165) is 12.8 Å². The van der Waals surface area contributed by atoms with Crippen molar-refractivity contribution in [3.05, 3.63) is 0 Å². The SMILES string of the molecule is CCCC(C)(C(=O)O)C1(O)CCCOCC1. The number of hydrogen-bond donors (Lipinski definition) is 2. The molecule has 1 rings (SSSR count). The molecule has 0 aromatic carbocycles. The molecule has 1 fully saturated rings. The molecule has 0 amide bonds. The van der Waals surface area contributed by atoms with Gasteiger partial charge < -0.3 is 14.9 Å². The van der Waals surface area contributed by atoms with Gasteiger partial charge in [-0.05, 0) is 26.2 Å². The van der Waals surface area contributed by atoms with Crippen molar-refractivity contribution < 1.29 is 19.7 Å². The second kappa shape index (κ2) is 5.15. The molecule has 4 heteroatoms. The maximum Gasteiger partial charge on any atom is 0.312 e. The predicted octanol–water partition coefficient (Wildman–Crippen LogP) is 1.81. The molecule has 94 valence electrons. The molecule has 1 aliphatic heterocycles. The maximum atomic E-state index is 11.4. The fourth-order valence-corrected chi connectivity index (χ4v) is 2.53. The van der Waals surface area contributed by atoms with Crippen LogP contribution in [0.25, 0.3) is 0 Å². The van der Waals surface area contributed by atoms with Crippen molar-refractivity contribution in [1.29, 1.82) is 0 Å². The number of hydrogen-bond acceptors (Lipinski definition) is 3. The number of aliphatic carboxylic acids is 1. The molecule has 0 aliphatic carbocycles. The highest BCUT2D eigenvalue weighted by Crippen LogP contribution is 2.42. The molecule has 0 saturated carbocycles. The average Bonchev–Trinajstić information content (AvgIpc) is 2.44. The summed E-state index contributed by atoms with van der Waals surface area (Å²) in [5, 5.41) is 20.0. The van der Waals surface area contributed by atoms with Gasteiger partial charge in [-0.15, -0.1) is 0 Å². The van der Waals surface area contributed by atoms with Crippen molar-refractivity contribution in [3.8, 4) is 0 Å². The van der Waals surface area contributed by atoms with E-state index in [1.54, 1.807) is 6.92 Å². The van der Waals surface area contributed by atoms with Gasteiger partial charge in [0.25, 0.3) is 0 Å². The Morgan fingerprint density at radius 1 is 1.44 bits per heavy atom. The van der Waals surface area contributed by atoms with Gasteiger partial charge in [-0.1, -0.05) is 13.3 Å². The lowest BCUT2D eigenvalue weighted by molar-refractivity contribution is -0.170. The minimum Gasteiger partial charge on any atom is -0.481 e. The number of carboxylic acids is 1. The Bertz CT molecular complexity index is 243. The highest BCUT2D eigenvalue weighted by atomic mass is 16.5. The zero-order valence-corrected chi connectivity index (χ0v) is 10.2. The van der Waals surface area contributed by atoms with Crippen LogP contribution in [-0.4, -0.2) is 35.0 Å². The molecule has 0 aromatic heterocycles. The average molecular weight is 230 g/mol. The Morgan fingerprint density at radius 3 is 2.69 bits per heavy atom. The van der Waals surface area contributed by atoms with Gasteiger partial charge in [0.1, 0.15) is 0 Å². The van der Waals surface area contributed by atoms with E-state index in [1.807, 2.05) is 6.92 Å². The summed E-state index contributed by atoms with van der Waals surface area (Å²) < 4.78 is 5.29. The van der Waals surface area contributed by atoms with Crippen molar-refractivity contribution in [2.75, 3.05) is 13.2 Å². The lowest BCUT2D eigenvalue weighted by atomic mass is 9.67. The van der Waals surface area contributed by atoms with Crippen LogP contribution in [0.15, 0.2) is 0 Å². The summed E-state index contributed by atoms with van der Waals surface area (Å²) in [6.07, 6.45) is 2.90. The molecule has 1 aliphatic rings. The van der Waals surface area contributed by atoms with Crippen LogP contribution < -0.4 is 0 Å². The Balaban J connectivity index is 2.93. The van der Waals surface area contributed by atoms with Gasteiger partial charge in [0.2, 0.25) is 0 Å². The Morgan fingerprint density at radius 2 is 2.12 bits per heavy atom. The monoisotopic (exact) mass is 230 g/mol. The molecule has 0 radical (unpaired) electrons. The minimum absolute atomic E-state index is 0.413. The number of ether oxygens (including phenoxy) is 1. The first kappa shape index (κ1) is 13.5. The summed E-state index contributed by atoms with van der Waals surface area (Å²) in [5.74, 6) is -0.904. The first-order valence-corrected chi connectivity index (χ1v) is 6.00. The third kappa shape index (κ3) is 2.38. The van der Waals surface area contributed by atoms with E-state index in [4.69, 9.17) is 4.74 Å². The molecule has 0 aromatic rings. The standard InChI is InChI=1S/C12H22O4/c1-3-5-11(2,10(13)14)12(15)6-4-8-16-9-7-12/h15H,3-9H2,1-2H3,(H,13,14). The van der Waals surface area contributed by atoms with Crippen LogP contribution in [0.4, 0.5) is 0 Å². The number of aliphatic hydroxyl groups is 1. The van der Waals surface area contributed by atoms with Gasteiger partial charge in [0.15, 0.2) is 0 Å². The van der Waals surface area contributed by atoms with Crippen LogP contribution in [0, 0.1) is 5.41 Å². The molecule has 2 N–H and O–H groups in total. The quantitative estimate of drug-likeness (QED) is 0.773. The molecule has 1 heterocycles. The van der Waals surface area contributed by atoms with Crippen LogP contribution in [-0.2, 0) is 9.53 Å². The van der Waals surface area contributed by atoms with Gasteiger partial charge in [-0.25, -0.2) is 0 Å². The number of rotatable bonds is 4. The van der Waals surface area contributed by atoms with Crippen molar-refractivity contribution in [2.45, 2.75) is 51.6 Å². The molecule has 2 atom stereocenters. The fourth-order valence-electron chi connectivity index (χ4n) is 2.53. The predicted molar refractivity (Wildman–Crippen MR) is 60.3 cm³/mol. The molecule has 0 bridgehead atoms. The van der Waals surface area contributed by atoms with Crippen LogP contribution in [0.3, 0.4) is 0 Å². The molecule has 4 nitrogen and oxygen atoms in total. The lowest BCUT2D eigenvalue weighted by Gasteiger charge is -2.41. The van der Waals surface area contributed by atoms with Crippen LogP contribution in [0.2, 0.25) is 0 Å². The van der Waals surface area contributed by atoms with Gasteiger partial charge >= 0.3 is 5.97 Å². The summed E-state index contributed by atoms with van der Waals surface area (Å²) in [5.41, 5.74) is -2.19. The summed E-state index contributed by atoms with van der Waals surface area (Å²) >= 11 is 0. The Hall–Kier alpha value is -0.610. The second-order valence-corrected chi connectivity index (χ2v) is 4.88. The largest absolute Gasteiger partial charge is 0.481 e. The molecular formula is C12H22O4. The van der Waals surface area contributed by atoms with Crippen LogP contribution in [0.1, 0.15) is 46.0 Å². The third-order valence-corrected chi connectivity index (χ3v) is 3.79. The fraction of sp³-hybridized carbons (Fsp3) is 0.917. The van der Waals surface area contributed by atoms with Crippen molar-refractivity contribution in [2.24, 2.45) is 5.41 Å². The number of carbonyl (C=O) groups is 1. The lowest BCUT2D eigenvalue weighted by Crippen LogP contribution is -2.51. The van der Waals surface area contributed by atoms with Crippen LogP contribution >= 0.6 is 0 Å². The first-order chi connectivity index (χ1) is 7.46. The molecule has 1 saturated heterocycles. The minimum atomic E-state index is -1.13. The van der Waals surface area contributed by atoms with Gasteiger partial charge in [0.05, 0.1) is 11.0 Å². The summed E-state index contributed by atoms with van der Waals surface area (Å²) in [6.45, 7) is 4.66. The first-order valence-electron chi connectivity index (χ1n) is 6.00. The normalized spacial score (nSPS) is 30.4. The summed E-state index contributed by atoms with van der Waals surface area (Å²) in [6, 6.07) is 0. The second-order valence-electron chi connectivity index (χ2n) is 4.88. The van der Waals surface area contributed by atoms with E-state index in [1.165, 1.54) is 0 Å². The smallest absolute Gasteiger partial charge is 0.312 e. The van der Waals surface area contributed by atoms with Crippen molar-refractivity contribution in [3.63, 3.8) is 0 Å². The summed E-state index contributed by atoms with van der Waals surface area (Å²) in [7, 11) is 0. The van der Waals surface area contributed by atoms with Gasteiger partial charge in [-0.2, -0.15) is 0 Å². The zero-order chi connectivity index (χ0) is 12.2. The van der Waals surface area contributed by atoms with Gasteiger partial charge in [-0.3, -0.25) is 4.79 Å². The third-order valence-electron chi connectivity index (χ3n) is 3.79. The van der Waals surface area contributed by atoms with Gasteiger partial charge in [0, 0.05) is 19.6 Å². The van der Waals surface area contributed by atoms with Crippen LogP contribution in [0.5, 0.6) is 0 Å². The van der Waals surface area contributed by atoms with E-state index in [0.29, 0.717) is 32.5 Å². The van der Waals surface area contributed by atoms with E-state index in [-0.39, 0.29) is 0 Å². The van der Waals surface area contributed by atoms with E-state index < -0.39 is 17.0 Å². The number of carboxylic acid groups (broad SMARTS) is 1. The maximum absolute atomic E-state index is 11.4. The van der Waals surface area contributed by atoms with E-state index in [2.05, 4.69) is 0 Å². The Kier molecular flexibility index (Phi) is 4.33. The zero-order valence-electron chi connectivity index (χ0n) is 10.2. The summed E-state index contributed by atoms with van der Waals surface area (Å²) in [4.78, 5) is 11.4. The van der Waals surface area contributed by atoms with Crippen molar-refractivity contribution >= 4 is 5.97 Å². The Labute approximate surface area is 96.6 Å². The molecular weight excluding hydrogens is 208 g/mol. The van der Waals surface area contributed by atoms with Crippen molar-refractivity contribution in [1.82, 2.24) is 0 Å². The van der Waals surface area contributed by atoms with E-state index in [9.17, 15) is 15.0 Å². The van der Waals surface area contributed by atoms with E-state index >= 15 is 0 Å². The highest BCUT2D eigenvalue weighted by Gasteiger charge is 2.51. The molecule has 2 unspecified atom stereocenters. The molecule has 16 heavy (non-hydrogen) atoms. The highest BCUT2D eigenvalue weighted by molar-refractivity contribution is 5.75. The molecule has 0 spiro atoms. The topological polar surface area (TPSA) is 66.8 Å².